The highest BCUT2D eigenvalue weighted by atomic mass is 19.1. The molecule has 0 spiro atoms. The third-order valence-corrected chi connectivity index (χ3v) is 7.49. The van der Waals surface area contributed by atoms with E-state index in [1.165, 1.54) is 30.3 Å². The molecule has 3 aliphatic rings. The van der Waals surface area contributed by atoms with Crippen molar-refractivity contribution in [3.63, 3.8) is 0 Å². The summed E-state index contributed by atoms with van der Waals surface area (Å²) in [4.78, 5) is 2.25. The monoisotopic (exact) mass is 479 g/mol. The number of ether oxygens (including phenoxy) is 1. The molecular formula is C27H24F3N3O2. The van der Waals surface area contributed by atoms with Crippen LogP contribution in [0.25, 0.3) is 11.3 Å². The Morgan fingerprint density at radius 2 is 1.71 bits per heavy atom. The maximum atomic E-state index is 14.5. The molecule has 6 rings (SSSR count). The van der Waals surface area contributed by atoms with Crippen LogP contribution in [0.4, 0.5) is 18.9 Å². The van der Waals surface area contributed by atoms with Gasteiger partial charge in [0.05, 0.1) is 23.8 Å². The topological polar surface area (TPSA) is 62.3 Å². The van der Waals surface area contributed by atoms with Gasteiger partial charge < -0.3 is 14.2 Å². The van der Waals surface area contributed by atoms with Crippen LogP contribution >= 0.6 is 0 Å². The second-order valence-electron chi connectivity index (χ2n) is 9.72. The van der Waals surface area contributed by atoms with E-state index < -0.39 is 17.5 Å². The van der Waals surface area contributed by atoms with Crippen molar-refractivity contribution in [2.24, 2.45) is 0 Å². The Bertz CT molecular complexity index is 1280. The molecule has 2 saturated heterocycles. The molecule has 3 aromatic rings. The van der Waals surface area contributed by atoms with E-state index in [9.17, 15) is 13.2 Å². The van der Waals surface area contributed by atoms with E-state index in [1.54, 1.807) is 0 Å². The Hall–Kier alpha value is -3.31. The van der Waals surface area contributed by atoms with Crippen LogP contribution in [0.15, 0.2) is 40.9 Å². The maximum absolute atomic E-state index is 14.5. The third-order valence-electron chi connectivity index (χ3n) is 7.49. The predicted molar refractivity (Wildman–Crippen MR) is 122 cm³/mol. The third kappa shape index (κ3) is 3.98. The summed E-state index contributed by atoms with van der Waals surface area (Å²) in [5.41, 5.74) is 1.46. The minimum absolute atomic E-state index is 0.0350. The summed E-state index contributed by atoms with van der Waals surface area (Å²) in [7, 11) is 0. The molecule has 8 heteroatoms. The average Bonchev–Trinajstić information content (AvgIpc) is 3.55. The number of nitriles is 1. The highest BCUT2D eigenvalue weighted by Gasteiger charge is 2.42. The molecule has 0 amide bonds. The van der Waals surface area contributed by atoms with Gasteiger partial charge in [0, 0.05) is 29.3 Å². The molecule has 2 aromatic carbocycles. The largest absolute Gasteiger partial charge is 0.373 e. The van der Waals surface area contributed by atoms with Crippen molar-refractivity contribution >= 4 is 5.69 Å². The lowest BCUT2D eigenvalue weighted by molar-refractivity contribution is 0.0147. The second kappa shape index (κ2) is 8.72. The highest BCUT2D eigenvalue weighted by molar-refractivity contribution is 5.65. The fraction of sp³-hybridized carbons (Fsp3) is 0.407. The van der Waals surface area contributed by atoms with Crippen molar-refractivity contribution in [2.45, 2.75) is 69.2 Å². The van der Waals surface area contributed by atoms with Gasteiger partial charge in [-0.3, -0.25) is 0 Å². The fourth-order valence-electron chi connectivity index (χ4n) is 5.69. The standard InChI is InChI=1S/C27H24F3N3O2/c28-22-2-1-3-23(29)25(22)26-21(27(35-32-26)15-4-5-15)14-34-20-10-17-8-9-18(11-20)33(17)19-7-6-16(13-31)24(30)12-19/h1-3,6-7,12,15,17-18,20H,4-5,8-11,14H2/t17-,18+,20+. The molecule has 1 aromatic heterocycles. The number of anilines is 1. The van der Waals surface area contributed by atoms with E-state index in [-0.39, 0.29) is 47.5 Å². The number of aromatic nitrogens is 1. The van der Waals surface area contributed by atoms with Crippen LogP contribution in [-0.4, -0.2) is 23.3 Å². The van der Waals surface area contributed by atoms with Crippen LogP contribution in [0.2, 0.25) is 0 Å². The van der Waals surface area contributed by atoms with Crippen LogP contribution in [-0.2, 0) is 11.3 Å². The molecule has 3 fully saturated rings. The zero-order chi connectivity index (χ0) is 24.1. The predicted octanol–water partition coefficient (Wildman–Crippen LogP) is 6.22. The first-order valence-electron chi connectivity index (χ1n) is 12.1. The summed E-state index contributed by atoms with van der Waals surface area (Å²) in [5.74, 6) is -0.980. The Kier molecular flexibility index (Phi) is 5.53. The molecule has 2 aliphatic heterocycles. The molecule has 3 heterocycles. The van der Waals surface area contributed by atoms with Gasteiger partial charge in [-0.2, -0.15) is 5.26 Å². The van der Waals surface area contributed by atoms with Crippen molar-refractivity contribution in [3.8, 4) is 17.3 Å². The highest BCUT2D eigenvalue weighted by Crippen LogP contribution is 2.46. The summed E-state index contributed by atoms with van der Waals surface area (Å²) in [6.45, 7) is 0.175. The Balaban J connectivity index is 1.21. The first-order chi connectivity index (χ1) is 17.0. The maximum Gasteiger partial charge on any atom is 0.145 e. The minimum Gasteiger partial charge on any atom is -0.373 e. The van der Waals surface area contributed by atoms with E-state index in [0.29, 0.717) is 11.3 Å². The van der Waals surface area contributed by atoms with Crippen LogP contribution in [0.1, 0.15) is 61.3 Å². The van der Waals surface area contributed by atoms with Gasteiger partial charge in [-0.1, -0.05) is 11.2 Å². The molecule has 180 valence electrons. The number of nitrogens with zero attached hydrogens (tertiary/aromatic N) is 3. The Morgan fingerprint density at radius 3 is 2.34 bits per heavy atom. The van der Waals surface area contributed by atoms with Crippen molar-refractivity contribution in [1.29, 1.82) is 5.26 Å². The van der Waals surface area contributed by atoms with Crippen molar-refractivity contribution in [1.82, 2.24) is 5.16 Å². The summed E-state index contributed by atoms with van der Waals surface area (Å²) in [6, 6.07) is 10.8. The Morgan fingerprint density at radius 1 is 1.00 bits per heavy atom. The van der Waals surface area contributed by atoms with Crippen LogP contribution in [0.3, 0.4) is 0 Å². The van der Waals surface area contributed by atoms with Gasteiger partial charge in [-0.15, -0.1) is 0 Å². The van der Waals surface area contributed by atoms with E-state index >= 15 is 0 Å². The average molecular weight is 480 g/mol. The lowest BCUT2D eigenvalue weighted by Gasteiger charge is -2.40. The van der Waals surface area contributed by atoms with Crippen LogP contribution in [0.5, 0.6) is 0 Å². The van der Waals surface area contributed by atoms with Crippen molar-refractivity contribution in [3.05, 3.63) is 70.7 Å². The lowest BCUT2D eigenvalue weighted by Crippen LogP contribution is -2.45. The van der Waals surface area contributed by atoms with Gasteiger partial charge in [0.25, 0.3) is 0 Å². The van der Waals surface area contributed by atoms with Gasteiger partial charge >= 0.3 is 0 Å². The number of halogens is 3. The van der Waals surface area contributed by atoms with E-state index in [0.717, 1.165) is 44.2 Å². The molecular weight excluding hydrogens is 455 g/mol. The summed E-state index contributed by atoms with van der Waals surface area (Å²) in [6.07, 6.45) is 5.40. The SMILES string of the molecule is N#Cc1ccc(N2[C@@H]3CC[C@H]2C[C@@H](OCc2c(-c4c(F)cccc4F)noc2C2CC2)C3)cc1F. The number of piperidine rings is 1. The Labute approximate surface area is 201 Å². The molecule has 3 atom stereocenters. The van der Waals surface area contributed by atoms with Crippen LogP contribution in [0, 0.1) is 28.8 Å². The van der Waals surface area contributed by atoms with Gasteiger partial charge in [-0.05, 0) is 68.9 Å². The van der Waals surface area contributed by atoms with Crippen LogP contribution < -0.4 is 4.90 Å². The van der Waals surface area contributed by atoms with Crippen molar-refractivity contribution < 1.29 is 22.4 Å². The molecule has 1 saturated carbocycles. The fourth-order valence-corrected chi connectivity index (χ4v) is 5.69. The van der Waals surface area contributed by atoms with Crippen molar-refractivity contribution in [2.75, 3.05) is 4.90 Å². The summed E-state index contributed by atoms with van der Waals surface area (Å²) >= 11 is 0. The molecule has 0 unspecified atom stereocenters. The molecule has 5 nitrogen and oxygen atoms in total. The van der Waals surface area contributed by atoms with Gasteiger partial charge in [-0.25, -0.2) is 13.2 Å². The zero-order valence-corrected chi connectivity index (χ0v) is 19.0. The van der Waals surface area contributed by atoms with E-state index in [1.807, 2.05) is 12.1 Å². The molecule has 2 bridgehead atoms. The molecule has 0 N–H and O–H groups in total. The zero-order valence-electron chi connectivity index (χ0n) is 19.0. The number of rotatable bonds is 6. The number of benzene rings is 2. The first kappa shape index (κ1) is 22.2. The quantitative estimate of drug-likeness (QED) is 0.420. The smallest absolute Gasteiger partial charge is 0.145 e. The lowest BCUT2D eigenvalue weighted by atomic mass is 9.98. The molecule has 1 aliphatic carbocycles. The van der Waals surface area contributed by atoms with E-state index in [4.69, 9.17) is 14.5 Å². The first-order valence-corrected chi connectivity index (χ1v) is 12.1. The second-order valence-corrected chi connectivity index (χ2v) is 9.72. The number of fused-ring (bicyclic) bond motifs is 2. The van der Waals surface area contributed by atoms with Gasteiger partial charge in [0.2, 0.25) is 0 Å². The molecule has 0 radical (unpaired) electrons. The normalized spacial score (nSPS) is 23.5. The minimum atomic E-state index is -0.678. The number of hydrogen-bond acceptors (Lipinski definition) is 5. The summed E-state index contributed by atoms with van der Waals surface area (Å²) < 4.78 is 55.1. The summed E-state index contributed by atoms with van der Waals surface area (Å²) in [5, 5.41) is 13.1. The van der Waals surface area contributed by atoms with E-state index in [2.05, 4.69) is 10.1 Å². The van der Waals surface area contributed by atoms with Gasteiger partial charge in [0.1, 0.15) is 35.0 Å². The number of hydrogen-bond donors (Lipinski definition) is 0. The van der Waals surface area contributed by atoms with Gasteiger partial charge in [0.15, 0.2) is 0 Å². The molecule has 35 heavy (non-hydrogen) atoms.